The number of hydrogen-bond donors (Lipinski definition) is 2. The van der Waals surface area contributed by atoms with Crippen LogP contribution >= 0.6 is 0 Å². The van der Waals surface area contributed by atoms with Gasteiger partial charge in [-0.15, -0.1) is 0 Å². The third kappa shape index (κ3) is 1.90. The van der Waals surface area contributed by atoms with Gasteiger partial charge in [0.1, 0.15) is 6.04 Å². The van der Waals surface area contributed by atoms with Crippen molar-refractivity contribution in [3.05, 3.63) is 0 Å². The van der Waals surface area contributed by atoms with Crippen molar-refractivity contribution in [1.29, 1.82) is 0 Å². The maximum atomic E-state index is 9.97. The molecule has 0 aromatic rings. The molecule has 47 valence electrons. The third-order valence-electron chi connectivity index (χ3n) is 0.822. The summed E-state index contributed by atoms with van der Waals surface area (Å²) in [5, 5.41) is 8.53. The normalized spacial score (nSPS) is 17.4. The third-order valence-corrected chi connectivity index (χ3v) is 0.822. The van der Waals surface area contributed by atoms with E-state index in [1.807, 2.05) is 0 Å². The second-order valence-electron chi connectivity index (χ2n) is 1.63. The van der Waals surface area contributed by atoms with Crippen LogP contribution < -0.4 is 11.5 Å². The van der Waals surface area contributed by atoms with Gasteiger partial charge in [-0.3, -0.25) is 10.5 Å². The molecule has 0 aromatic heterocycles. The maximum absolute atomic E-state index is 9.97. The highest BCUT2D eigenvalue weighted by atomic mass is 16.3. The van der Waals surface area contributed by atoms with Crippen molar-refractivity contribution in [2.24, 2.45) is 5.73 Å². The summed E-state index contributed by atoms with van der Waals surface area (Å²) < 4.78 is 0. The number of amides is 1. The molecule has 4 N–H and O–H groups in total. The highest BCUT2D eigenvalue weighted by molar-refractivity contribution is 5.79. The van der Waals surface area contributed by atoms with E-state index >= 15 is 0 Å². The topological polar surface area (TPSA) is 87.1 Å². The monoisotopic (exact) mass is 117 g/mol. The standard InChI is InChI=1S/C4H9N2O2/c1-2(7)3(5)4(6)8/h2-3,6-7H,5H2,1H3/t2-,3+/m1/s1. The Balaban J connectivity index is 3.64. The van der Waals surface area contributed by atoms with Gasteiger partial charge in [0.25, 0.3) is 5.91 Å². The fraction of sp³-hybridized carbons (Fsp3) is 0.750. The van der Waals surface area contributed by atoms with Gasteiger partial charge in [0.05, 0.1) is 6.10 Å². The number of rotatable bonds is 2. The molecule has 0 saturated heterocycles. The molecule has 0 unspecified atom stereocenters. The molecule has 4 heteroatoms. The average Bonchev–Trinajstić information content (AvgIpc) is 1.64. The minimum Gasteiger partial charge on any atom is -0.391 e. The smallest absolute Gasteiger partial charge is 0.257 e. The van der Waals surface area contributed by atoms with Gasteiger partial charge in [0.15, 0.2) is 0 Å². The maximum Gasteiger partial charge on any atom is 0.257 e. The van der Waals surface area contributed by atoms with Gasteiger partial charge < -0.3 is 10.8 Å². The van der Waals surface area contributed by atoms with Gasteiger partial charge in [0, 0.05) is 0 Å². The lowest BCUT2D eigenvalue weighted by molar-refractivity contribution is -0.121. The zero-order chi connectivity index (χ0) is 6.73. The summed E-state index contributed by atoms with van der Waals surface area (Å²) in [6.45, 7) is 1.37. The number of carbonyl (C=O) groups is 1. The van der Waals surface area contributed by atoms with E-state index < -0.39 is 18.1 Å². The van der Waals surface area contributed by atoms with Crippen molar-refractivity contribution >= 4 is 5.91 Å². The van der Waals surface area contributed by atoms with Crippen LogP contribution in [-0.4, -0.2) is 23.2 Å². The summed E-state index contributed by atoms with van der Waals surface area (Å²) in [7, 11) is 0. The number of carbonyl (C=O) groups excluding carboxylic acids is 1. The summed E-state index contributed by atoms with van der Waals surface area (Å²) >= 11 is 0. The molecular formula is C4H9N2O2. The first-order valence-electron chi connectivity index (χ1n) is 2.25. The minimum absolute atomic E-state index is 0.917. The number of aliphatic hydroxyl groups is 1. The average molecular weight is 117 g/mol. The zero-order valence-corrected chi connectivity index (χ0v) is 4.59. The fourth-order valence-electron chi connectivity index (χ4n) is 0.219. The Bertz CT molecular complexity index is 92.0. The van der Waals surface area contributed by atoms with Crippen molar-refractivity contribution < 1.29 is 9.90 Å². The van der Waals surface area contributed by atoms with Crippen LogP contribution in [-0.2, 0) is 4.79 Å². The number of nitrogens with one attached hydrogen (secondary N) is 1. The van der Waals surface area contributed by atoms with Crippen molar-refractivity contribution in [1.82, 2.24) is 5.73 Å². The van der Waals surface area contributed by atoms with E-state index in [1.54, 1.807) is 0 Å². The van der Waals surface area contributed by atoms with Gasteiger partial charge in [0.2, 0.25) is 0 Å². The van der Waals surface area contributed by atoms with E-state index in [9.17, 15) is 4.79 Å². The Morgan fingerprint density at radius 2 is 2.25 bits per heavy atom. The molecule has 0 aromatic carbocycles. The van der Waals surface area contributed by atoms with Crippen LogP contribution in [0.25, 0.3) is 0 Å². The van der Waals surface area contributed by atoms with Gasteiger partial charge >= 0.3 is 0 Å². The summed E-state index contributed by atoms with van der Waals surface area (Å²) in [6, 6.07) is -1.05. The van der Waals surface area contributed by atoms with Crippen LogP contribution in [0.5, 0.6) is 0 Å². The van der Waals surface area contributed by atoms with Crippen molar-refractivity contribution in [2.75, 3.05) is 0 Å². The molecule has 2 atom stereocenters. The molecule has 1 radical (unpaired) electrons. The van der Waals surface area contributed by atoms with Crippen LogP contribution in [0.1, 0.15) is 6.92 Å². The zero-order valence-electron chi connectivity index (χ0n) is 4.59. The second-order valence-corrected chi connectivity index (χ2v) is 1.63. The molecule has 0 spiro atoms. The quantitative estimate of drug-likeness (QED) is 0.461. The van der Waals surface area contributed by atoms with Crippen LogP contribution in [0.4, 0.5) is 0 Å². The molecule has 0 aliphatic heterocycles. The first kappa shape index (κ1) is 7.39. The van der Waals surface area contributed by atoms with Crippen molar-refractivity contribution in [3.8, 4) is 0 Å². The van der Waals surface area contributed by atoms with E-state index in [0.29, 0.717) is 0 Å². The molecule has 0 saturated carbocycles. The number of nitrogens with two attached hydrogens (primary N) is 1. The largest absolute Gasteiger partial charge is 0.391 e. The minimum atomic E-state index is -1.05. The molecular weight excluding hydrogens is 108 g/mol. The van der Waals surface area contributed by atoms with E-state index in [0.717, 1.165) is 0 Å². The predicted molar refractivity (Wildman–Crippen MR) is 27.8 cm³/mol. The van der Waals surface area contributed by atoms with Gasteiger partial charge in [-0.25, -0.2) is 0 Å². The Morgan fingerprint density at radius 1 is 1.88 bits per heavy atom. The van der Waals surface area contributed by atoms with Crippen molar-refractivity contribution in [2.45, 2.75) is 19.1 Å². The molecule has 8 heavy (non-hydrogen) atoms. The van der Waals surface area contributed by atoms with E-state index in [4.69, 9.17) is 16.6 Å². The second kappa shape index (κ2) is 2.64. The van der Waals surface area contributed by atoms with Crippen LogP contribution in [0.2, 0.25) is 0 Å². The van der Waals surface area contributed by atoms with Crippen molar-refractivity contribution in [3.63, 3.8) is 0 Å². The first-order chi connectivity index (χ1) is 3.55. The highest BCUT2D eigenvalue weighted by Crippen LogP contribution is 1.85. The Kier molecular flexibility index (Phi) is 2.44. The molecule has 0 rings (SSSR count). The van der Waals surface area contributed by atoms with E-state index in [-0.39, 0.29) is 0 Å². The van der Waals surface area contributed by atoms with E-state index in [1.165, 1.54) is 6.92 Å². The van der Waals surface area contributed by atoms with Gasteiger partial charge in [-0.1, -0.05) is 0 Å². The summed E-state index contributed by atoms with van der Waals surface area (Å²) in [4.78, 5) is 9.97. The summed E-state index contributed by atoms with van der Waals surface area (Å²) in [5.41, 5.74) is 11.4. The predicted octanol–water partition coefficient (Wildman–Crippen LogP) is -1.50. The lowest BCUT2D eigenvalue weighted by Gasteiger charge is -2.07. The van der Waals surface area contributed by atoms with Gasteiger partial charge in [-0.05, 0) is 6.92 Å². The van der Waals surface area contributed by atoms with Crippen LogP contribution in [0.15, 0.2) is 0 Å². The Labute approximate surface area is 47.5 Å². The number of hydrogen-bond acceptors (Lipinski definition) is 3. The number of aliphatic hydroxyl groups excluding tert-OH is 1. The molecule has 0 aliphatic rings. The molecule has 0 fully saturated rings. The SMILES string of the molecule is C[C@@H](O)[C@H](N)C([NH])=O. The molecule has 0 aliphatic carbocycles. The lowest BCUT2D eigenvalue weighted by atomic mass is 10.2. The van der Waals surface area contributed by atoms with Crippen LogP contribution in [0, 0.1) is 0 Å². The molecule has 4 nitrogen and oxygen atoms in total. The van der Waals surface area contributed by atoms with E-state index in [2.05, 4.69) is 0 Å². The molecule has 1 amide bonds. The molecule has 0 heterocycles. The van der Waals surface area contributed by atoms with Gasteiger partial charge in [-0.2, -0.15) is 0 Å². The fourth-order valence-corrected chi connectivity index (χ4v) is 0.219. The Hall–Kier alpha value is -0.610. The Morgan fingerprint density at radius 3 is 2.25 bits per heavy atom. The summed E-state index contributed by atoms with van der Waals surface area (Å²) in [5.74, 6) is -0.931. The first-order valence-corrected chi connectivity index (χ1v) is 2.25. The van der Waals surface area contributed by atoms with Crippen LogP contribution in [0.3, 0.4) is 0 Å². The highest BCUT2D eigenvalue weighted by Gasteiger charge is 2.14. The molecule has 0 bridgehead atoms. The summed E-state index contributed by atoms with van der Waals surface area (Å²) in [6.07, 6.45) is -0.917. The lowest BCUT2D eigenvalue weighted by Crippen LogP contribution is -2.40.